The second-order valence-electron chi connectivity index (χ2n) is 5.90. The Kier molecular flexibility index (Phi) is 3.62. The third kappa shape index (κ3) is 2.27. The SMILES string of the molecule is CNC(Cc1ccn(C)n1)C1(c2ccccc2)CCC1. The van der Waals surface area contributed by atoms with Crippen molar-refractivity contribution in [3.05, 3.63) is 53.9 Å². The Hall–Kier alpha value is -1.61. The van der Waals surface area contributed by atoms with E-state index in [4.69, 9.17) is 0 Å². The largest absolute Gasteiger partial charge is 0.316 e. The normalized spacial score (nSPS) is 18.5. The summed E-state index contributed by atoms with van der Waals surface area (Å²) in [6.07, 6.45) is 6.89. The quantitative estimate of drug-likeness (QED) is 0.904. The monoisotopic (exact) mass is 269 g/mol. The Bertz CT molecular complexity index is 555. The van der Waals surface area contributed by atoms with Crippen molar-refractivity contribution in [2.75, 3.05) is 7.05 Å². The summed E-state index contributed by atoms with van der Waals surface area (Å²) >= 11 is 0. The predicted octanol–water partition coefficient (Wildman–Crippen LogP) is 2.67. The molecule has 0 radical (unpaired) electrons. The van der Waals surface area contributed by atoms with E-state index in [0.29, 0.717) is 6.04 Å². The van der Waals surface area contributed by atoms with Crippen LogP contribution in [0.25, 0.3) is 0 Å². The number of likely N-dealkylation sites (N-methyl/N-ethyl adjacent to an activating group) is 1. The summed E-state index contributed by atoms with van der Waals surface area (Å²) < 4.78 is 1.89. The molecule has 0 aliphatic heterocycles. The van der Waals surface area contributed by atoms with Crippen molar-refractivity contribution in [3.63, 3.8) is 0 Å². The van der Waals surface area contributed by atoms with E-state index in [-0.39, 0.29) is 5.41 Å². The number of nitrogens with one attached hydrogen (secondary N) is 1. The maximum Gasteiger partial charge on any atom is 0.0640 e. The van der Waals surface area contributed by atoms with Gasteiger partial charge in [0, 0.05) is 31.1 Å². The van der Waals surface area contributed by atoms with E-state index in [1.54, 1.807) is 0 Å². The van der Waals surface area contributed by atoms with Crippen LogP contribution in [0.2, 0.25) is 0 Å². The number of hydrogen-bond donors (Lipinski definition) is 1. The van der Waals surface area contributed by atoms with Crippen molar-refractivity contribution in [1.29, 1.82) is 0 Å². The van der Waals surface area contributed by atoms with Crippen LogP contribution in [-0.2, 0) is 18.9 Å². The van der Waals surface area contributed by atoms with Crippen molar-refractivity contribution < 1.29 is 0 Å². The molecule has 1 aromatic heterocycles. The standard InChI is InChI=1S/C17H23N3/c1-18-16(13-15-9-12-20(2)19-15)17(10-6-11-17)14-7-4-3-5-8-14/h3-5,7-9,12,16,18H,6,10-11,13H2,1-2H3. The van der Waals surface area contributed by atoms with Gasteiger partial charge in [-0.05, 0) is 31.5 Å². The van der Waals surface area contributed by atoms with E-state index in [1.165, 1.54) is 30.5 Å². The Morgan fingerprint density at radius 1 is 1.25 bits per heavy atom. The molecule has 20 heavy (non-hydrogen) atoms. The molecule has 0 saturated heterocycles. The van der Waals surface area contributed by atoms with Crippen LogP contribution in [0.4, 0.5) is 0 Å². The predicted molar refractivity (Wildman–Crippen MR) is 81.7 cm³/mol. The minimum Gasteiger partial charge on any atom is -0.316 e. The van der Waals surface area contributed by atoms with E-state index in [0.717, 1.165) is 6.42 Å². The van der Waals surface area contributed by atoms with Gasteiger partial charge in [0.1, 0.15) is 0 Å². The molecule has 0 bridgehead atoms. The zero-order chi connectivity index (χ0) is 14.0. The number of aryl methyl sites for hydroxylation is 1. The van der Waals surface area contributed by atoms with Gasteiger partial charge in [-0.15, -0.1) is 0 Å². The first-order valence-corrected chi connectivity index (χ1v) is 7.46. The molecule has 1 heterocycles. The Labute approximate surface area is 121 Å². The summed E-state index contributed by atoms with van der Waals surface area (Å²) in [5.74, 6) is 0. The number of rotatable bonds is 5. The molecular formula is C17H23N3. The third-order valence-corrected chi connectivity index (χ3v) is 4.79. The lowest BCUT2D eigenvalue weighted by Crippen LogP contribution is -2.52. The van der Waals surface area contributed by atoms with E-state index in [2.05, 4.69) is 53.9 Å². The Morgan fingerprint density at radius 3 is 2.50 bits per heavy atom. The molecule has 3 rings (SSSR count). The van der Waals surface area contributed by atoms with Crippen LogP contribution in [0.1, 0.15) is 30.5 Å². The van der Waals surface area contributed by atoms with Crippen molar-refractivity contribution in [1.82, 2.24) is 15.1 Å². The molecule has 1 N–H and O–H groups in total. The van der Waals surface area contributed by atoms with Gasteiger partial charge in [-0.2, -0.15) is 5.10 Å². The van der Waals surface area contributed by atoms with Gasteiger partial charge in [-0.1, -0.05) is 36.8 Å². The number of benzene rings is 1. The minimum absolute atomic E-state index is 0.285. The third-order valence-electron chi connectivity index (χ3n) is 4.79. The molecule has 1 unspecified atom stereocenters. The fourth-order valence-corrected chi connectivity index (χ4v) is 3.52. The highest BCUT2D eigenvalue weighted by molar-refractivity contribution is 5.31. The average molecular weight is 269 g/mol. The Balaban J connectivity index is 1.86. The molecular weight excluding hydrogens is 246 g/mol. The average Bonchev–Trinajstić information content (AvgIpc) is 2.83. The lowest BCUT2D eigenvalue weighted by Gasteiger charge is -2.48. The van der Waals surface area contributed by atoms with Crippen molar-refractivity contribution in [2.45, 2.75) is 37.1 Å². The summed E-state index contributed by atoms with van der Waals surface area (Å²) in [7, 11) is 4.06. The van der Waals surface area contributed by atoms with Gasteiger partial charge < -0.3 is 5.32 Å². The molecule has 106 valence electrons. The van der Waals surface area contributed by atoms with Gasteiger partial charge in [0.25, 0.3) is 0 Å². The van der Waals surface area contributed by atoms with Crippen LogP contribution in [0.5, 0.6) is 0 Å². The highest BCUT2D eigenvalue weighted by Gasteiger charge is 2.44. The highest BCUT2D eigenvalue weighted by Crippen LogP contribution is 2.47. The van der Waals surface area contributed by atoms with E-state index >= 15 is 0 Å². The van der Waals surface area contributed by atoms with Gasteiger partial charge in [0.2, 0.25) is 0 Å². The number of nitrogens with zero attached hydrogens (tertiary/aromatic N) is 2. The maximum absolute atomic E-state index is 4.54. The van der Waals surface area contributed by atoms with Crippen molar-refractivity contribution in [2.24, 2.45) is 7.05 Å². The molecule has 1 aliphatic rings. The fraction of sp³-hybridized carbons (Fsp3) is 0.471. The molecule has 3 heteroatoms. The lowest BCUT2D eigenvalue weighted by molar-refractivity contribution is 0.173. The second-order valence-corrected chi connectivity index (χ2v) is 5.90. The van der Waals surface area contributed by atoms with E-state index in [1.807, 2.05) is 17.9 Å². The highest BCUT2D eigenvalue weighted by atomic mass is 15.2. The summed E-state index contributed by atoms with van der Waals surface area (Å²) in [5.41, 5.74) is 2.93. The molecule has 3 nitrogen and oxygen atoms in total. The molecule has 1 atom stereocenters. The van der Waals surface area contributed by atoms with Gasteiger partial charge >= 0.3 is 0 Å². The summed E-state index contributed by atoms with van der Waals surface area (Å²) in [5, 5.41) is 8.09. The molecule has 0 amide bonds. The Morgan fingerprint density at radius 2 is 2.00 bits per heavy atom. The van der Waals surface area contributed by atoms with Gasteiger partial charge in [0.15, 0.2) is 0 Å². The summed E-state index contributed by atoms with van der Waals surface area (Å²) in [6, 6.07) is 13.5. The van der Waals surface area contributed by atoms with Crippen LogP contribution >= 0.6 is 0 Å². The maximum atomic E-state index is 4.54. The van der Waals surface area contributed by atoms with Crippen molar-refractivity contribution >= 4 is 0 Å². The minimum atomic E-state index is 0.285. The van der Waals surface area contributed by atoms with Crippen molar-refractivity contribution in [3.8, 4) is 0 Å². The van der Waals surface area contributed by atoms with E-state index in [9.17, 15) is 0 Å². The molecule has 2 aromatic rings. The zero-order valence-electron chi connectivity index (χ0n) is 12.3. The fourth-order valence-electron chi connectivity index (χ4n) is 3.52. The summed E-state index contributed by atoms with van der Waals surface area (Å²) in [4.78, 5) is 0. The number of aromatic nitrogens is 2. The first-order valence-electron chi connectivity index (χ1n) is 7.46. The first kappa shape index (κ1) is 13.4. The van der Waals surface area contributed by atoms with Crippen LogP contribution in [-0.4, -0.2) is 22.9 Å². The molecule has 1 aliphatic carbocycles. The zero-order valence-corrected chi connectivity index (χ0v) is 12.3. The van der Waals surface area contributed by atoms with Crippen LogP contribution in [0, 0.1) is 0 Å². The van der Waals surface area contributed by atoms with Gasteiger partial charge in [-0.3, -0.25) is 4.68 Å². The topological polar surface area (TPSA) is 29.9 Å². The van der Waals surface area contributed by atoms with Crippen LogP contribution in [0.15, 0.2) is 42.6 Å². The molecule has 1 fully saturated rings. The molecule has 1 saturated carbocycles. The van der Waals surface area contributed by atoms with Gasteiger partial charge in [-0.25, -0.2) is 0 Å². The molecule has 0 spiro atoms. The second kappa shape index (κ2) is 5.41. The number of hydrogen-bond acceptors (Lipinski definition) is 2. The smallest absolute Gasteiger partial charge is 0.0640 e. The van der Waals surface area contributed by atoms with E-state index < -0.39 is 0 Å². The van der Waals surface area contributed by atoms with Crippen LogP contribution in [0.3, 0.4) is 0 Å². The first-order chi connectivity index (χ1) is 9.74. The lowest BCUT2D eigenvalue weighted by atomic mass is 9.59. The summed E-state index contributed by atoms with van der Waals surface area (Å²) in [6.45, 7) is 0. The van der Waals surface area contributed by atoms with Crippen LogP contribution < -0.4 is 5.32 Å². The van der Waals surface area contributed by atoms with Gasteiger partial charge in [0.05, 0.1) is 5.69 Å². The molecule has 1 aromatic carbocycles.